The van der Waals surface area contributed by atoms with Crippen LogP contribution in [-0.2, 0) is 22.6 Å². The van der Waals surface area contributed by atoms with Crippen LogP contribution in [0, 0.1) is 17.7 Å². The van der Waals surface area contributed by atoms with E-state index in [1.165, 1.54) is 18.9 Å². The Morgan fingerprint density at radius 1 is 1.15 bits per heavy atom. The molecule has 0 amide bonds. The van der Waals surface area contributed by atoms with Crippen molar-refractivity contribution in [3.63, 3.8) is 0 Å². The lowest BCUT2D eigenvalue weighted by Gasteiger charge is -2.28. The van der Waals surface area contributed by atoms with Gasteiger partial charge in [0.15, 0.2) is 0 Å². The number of nitrogens with zero attached hydrogens (tertiary/aromatic N) is 1. The lowest BCUT2D eigenvalue weighted by molar-refractivity contribution is -0.142. The molecule has 0 radical (unpaired) electrons. The summed E-state index contributed by atoms with van der Waals surface area (Å²) in [5.74, 6) is -0.662. The van der Waals surface area contributed by atoms with Crippen molar-refractivity contribution in [2.75, 3.05) is 7.11 Å². The van der Waals surface area contributed by atoms with Crippen LogP contribution in [0.4, 0.5) is 4.39 Å². The van der Waals surface area contributed by atoms with Crippen LogP contribution in [0.25, 0.3) is 11.1 Å². The highest BCUT2D eigenvalue weighted by Gasteiger charge is 2.39. The maximum Gasteiger partial charge on any atom is 0.306 e. The minimum atomic E-state index is -0.737. The molecule has 176 valence electrons. The molecule has 0 spiro atoms. The van der Waals surface area contributed by atoms with Crippen molar-refractivity contribution in [1.82, 2.24) is 4.98 Å². The van der Waals surface area contributed by atoms with E-state index in [-0.39, 0.29) is 12.0 Å². The predicted molar refractivity (Wildman–Crippen MR) is 126 cm³/mol. The molecule has 5 nitrogen and oxygen atoms in total. The molecule has 1 fully saturated rings. The molecule has 0 saturated heterocycles. The van der Waals surface area contributed by atoms with E-state index in [4.69, 9.17) is 9.47 Å². The van der Waals surface area contributed by atoms with Crippen molar-refractivity contribution < 1.29 is 23.8 Å². The summed E-state index contributed by atoms with van der Waals surface area (Å²) in [5, 5.41) is 9.62. The number of ether oxygens (including phenoxy) is 2. The molecule has 5 rings (SSSR count). The van der Waals surface area contributed by atoms with Gasteiger partial charge >= 0.3 is 5.97 Å². The van der Waals surface area contributed by atoms with E-state index in [9.17, 15) is 14.3 Å². The fourth-order valence-corrected chi connectivity index (χ4v) is 5.05. The van der Waals surface area contributed by atoms with Crippen molar-refractivity contribution >= 4 is 5.97 Å². The molecule has 2 aromatic carbocycles. The number of aliphatic carboxylic acids is 1. The molecular formula is C28H28FNO4. The molecule has 34 heavy (non-hydrogen) atoms. The molecule has 1 N–H and O–H groups in total. The number of carboxylic acid groups (broad SMARTS) is 1. The molecule has 3 atom stereocenters. The Kier molecular flexibility index (Phi) is 6.09. The van der Waals surface area contributed by atoms with E-state index in [0.29, 0.717) is 24.0 Å². The van der Waals surface area contributed by atoms with Gasteiger partial charge in [0, 0.05) is 18.1 Å². The van der Waals surface area contributed by atoms with E-state index >= 15 is 0 Å². The number of benzene rings is 2. The minimum absolute atomic E-state index is 0.0515. The fourth-order valence-electron chi connectivity index (χ4n) is 5.05. The normalized spacial score (nSPS) is 19.2. The number of hydrogen-bond donors (Lipinski definition) is 1. The van der Waals surface area contributed by atoms with Crippen LogP contribution < -0.4 is 4.74 Å². The highest BCUT2D eigenvalue weighted by molar-refractivity contribution is 5.71. The highest BCUT2D eigenvalue weighted by atomic mass is 19.1. The molecule has 1 aliphatic heterocycles. The first kappa shape index (κ1) is 22.5. The highest BCUT2D eigenvalue weighted by Crippen LogP contribution is 2.47. The third-order valence-electron chi connectivity index (χ3n) is 7.15. The van der Waals surface area contributed by atoms with Gasteiger partial charge in [-0.05, 0) is 52.5 Å². The minimum Gasteiger partial charge on any atom is -0.481 e. The molecule has 1 saturated carbocycles. The zero-order valence-electron chi connectivity index (χ0n) is 19.3. The van der Waals surface area contributed by atoms with Gasteiger partial charge in [-0.1, -0.05) is 49.4 Å². The number of fused-ring (bicyclic) bond motifs is 1. The number of methoxy groups -OCH3 is 1. The SMILES string of the molecule is COc1cc(-c2ccc([C@@H]3Cc4cc(C(C5CC5)C(C)C(=O)O)ccc4CO3)cc2)c(F)cn1. The van der Waals surface area contributed by atoms with Crippen molar-refractivity contribution in [1.29, 1.82) is 0 Å². The lowest BCUT2D eigenvalue weighted by Crippen LogP contribution is -2.22. The molecule has 2 unspecified atom stereocenters. The van der Waals surface area contributed by atoms with E-state index in [1.54, 1.807) is 6.07 Å². The number of carbonyl (C=O) groups is 1. The van der Waals surface area contributed by atoms with Crippen molar-refractivity contribution in [3.8, 4) is 17.0 Å². The third kappa shape index (κ3) is 4.42. The summed E-state index contributed by atoms with van der Waals surface area (Å²) in [5.41, 5.74) is 5.70. The number of hydrogen-bond acceptors (Lipinski definition) is 4. The summed E-state index contributed by atoms with van der Waals surface area (Å²) in [6, 6.07) is 15.7. The first-order chi connectivity index (χ1) is 16.4. The molecule has 0 bridgehead atoms. The fraction of sp³-hybridized carbons (Fsp3) is 0.357. The van der Waals surface area contributed by atoms with Gasteiger partial charge in [-0.2, -0.15) is 0 Å². The second-order valence-corrected chi connectivity index (χ2v) is 9.35. The Morgan fingerprint density at radius 3 is 2.59 bits per heavy atom. The Balaban J connectivity index is 1.37. The van der Waals surface area contributed by atoms with E-state index in [0.717, 1.165) is 41.5 Å². The van der Waals surface area contributed by atoms with Crippen LogP contribution in [0.2, 0.25) is 0 Å². The van der Waals surface area contributed by atoms with E-state index < -0.39 is 17.7 Å². The largest absolute Gasteiger partial charge is 0.481 e. The number of halogens is 1. The molecule has 2 heterocycles. The summed E-state index contributed by atoms with van der Waals surface area (Å²) in [7, 11) is 1.51. The van der Waals surface area contributed by atoms with Crippen LogP contribution >= 0.6 is 0 Å². The molecule has 6 heteroatoms. The summed E-state index contributed by atoms with van der Waals surface area (Å²) >= 11 is 0. The van der Waals surface area contributed by atoms with E-state index in [2.05, 4.69) is 23.2 Å². The Morgan fingerprint density at radius 2 is 1.91 bits per heavy atom. The number of aromatic nitrogens is 1. The lowest BCUT2D eigenvalue weighted by atomic mass is 9.81. The Hall–Kier alpha value is -3.25. The Labute approximate surface area is 198 Å². The van der Waals surface area contributed by atoms with Crippen molar-refractivity contribution in [2.45, 2.75) is 44.8 Å². The van der Waals surface area contributed by atoms with Crippen molar-refractivity contribution in [2.24, 2.45) is 11.8 Å². The van der Waals surface area contributed by atoms with Gasteiger partial charge in [0.05, 0.1) is 31.9 Å². The second kappa shape index (κ2) is 9.18. The molecular weight excluding hydrogens is 433 g/mol. The predicted octanol–water partition coefficient (Wildman–Crippen LogP) is 5.92. The van der Waals surface area contributed by atoms with Crippen molar-refractivity contribution in [3.05, 3.63) is 82.8 Å². The number of pyridine rings is 1. The van der Waals surface area contributed by atoms with Gasteiger partial charge in [0.1, 0.15) is 5.82 Å². The van der Waals surface area contributed by atoms with Gasteiger partial charge in [0.25, 0.3) is 0 Å². The first-order valence-corrected chi connectivity index (χ1v) is 11.7. The maximum absolute atomic E-state index is 14.3. The van der Waals surface area contributed by atoms with Crippen LogP contribution in [0.3, 0.4) is 0 Å². The molecule has 1 aliphatic carbocycles. The van der Waals surface area contributed by atoms with Gasteiger partial charge in [-0.25, -0.2) is 9.37 Å². The maximum atomic E-state index is 14.3. The second-order valence-electron chi connectivity index (χ2n) is 9.35. The smallest absolute Gasteiger partial charge is 0.306 e. The summed E-state index contributed by atoms with van der Waals surface area (Å²) in [6.45, 7) is 2.33. The van der Waals surface area contributed by atoms with Crippen LogP contribution in [0.15, 0.2) is 54.7 Å². The van der Waals surface area contributed by atoms with Gasteiger partial charge < -0.3 is 14.6 Å². The zero-order valence-corrected chi connectivity index (χ0v) is 19.3. The Bertz CT molecular complexity index is 1210. The molecule has 1 aromatic heterocycles. The van der Waals surface area contributed by atoms with Crippen LogP contribution in [0.5, 0.6) is 5.88 Å². The van der Waals surface area contributed by atoms with E-state index in [1.807, 2.05) is 31.2 Å². The number of carboxylic acids is 1. The van der Waals surface area contributed by atoms with Gasteiger partial charge in [0.2, 0.25) is 5.88 Å². The topological polar surface area (TPSA) is 68.7 Å². The van der Waals surface area contributed by atoms with Gasteiger partial charge in [-0.3, -0.25) is 4.79 Å². The van der Waals surface area contributed by atoms with Gasteiger partial charge in [-0.15, -0.1) is 0 Å². The summed E-state index contributed by atoms with van der Waals surface area (Å²) in [4.78, 5) is 15.6. The zero-order chi connectivity index (χ0) is 23.8. The average molecular weight is 462 g/mol. The monoisotopic (exact) mass is 461 g/mol. The standard InChI is InChI=1S/C28H28FNO4/c1-16(28(31)32)27(19-7-8-19)20-9-10-21-15-34-25(12-22(21)11-20)18-5-3-17(4-6-18)23-13-26(33-2)30-14-24(23)29/h3-6,9-11,13-14,16,19,25,27H,7-8,12,15H2,1-2H3,(H,31,32)/t16?,25-,27?/m0/s1. The summed E-state index contributed by atoms with van der Waals surface area (Å²) in [6.07, 6.45) is 3.98. The van der Waals surface area contributed by atoms with Crippen LogP contribution in [-0.4, -0.2) is 23.2 Å². The average Bonchev–Trinajstić information content (AvgIpc) is 3.69. The van der Waals surface area contributed by atoms with Crippen LogP contribution in [0.1, 0.15) is 54.0 Å². The molecule has 3 aromatic rings. The molecule has 2 aliphatic rings. The quantitative estimate of drug-likeness (QED) is 0.473. The number of rotatable bonds is 7. The first-order valence-electron chi connectivity index (χ1n) is 11.7. The summed E-state index contributed by atoms with van der Waals surface area (Å²) < 4.78 is 25.6. The third-order valence-corrected chi connectivity index (χ3v) is 7.15.